The van der Waals surface area contributed by atoms with E-state index in [1.807, 2.05) is 13.8 Å². The third-order valence-corrected chi connectivity index (χ3v) is 8.14. The second kappa shape index (κ2) is 9.69. The lowest BCUT2D eigenvalue weighted by Gasteiger charge is -2.21. The minimum atomic E-state index is -3.30. The maximum atomic E-state index is 12.9. The van der Waals surface area contributed by atoms with E-state index in [-0.39, 0.29) is 11.8 Å². The number of aryl methyl sites for hydroxylation is 1. The van der Waals surface area contributed by atoms with Crippen molar-refractivity contribution in [3.63, 3.8) is 0 Å². The van der Waals surface area contributed by atoms with Gasteiger partial charge in [-0.3, -0.25) is 9.59 Å². The summed E-state index contributed by atoms with van der Waals surface area (Å²) in [4.78, 5) is 31.1. The first-order chi connectivity index (χ1) is 15.5. The number of hydrogen-bond acceptors (Lipinski definition) is 5. The van der Waals surface area contributed by atoms with Gasteiger partial charge in [0.15, 0.2) is 9.84 Å². The highest BCUT2D eigenvalue weighted by Gasteiger charge is 2.36. The van der Waals surface area contributed by atoms with Crippen molar-refractivity contribution >= 4 is 27.7 Å². The third-order valence-electron chi connectivity index (χ3n) is 6.56. The Morgan fingerprint density at radius 3 is 2.52 bits per heavy atom. The number of likely N-dealkylation sites (N-methyl/N-ethyl adjacent to an activating group) is 1. The molecule has 1 unspecified atom stereocenters. The van der Waals surface area contributed by atoms with Gasteiger partial charge in [0.05, 0.1) is 16.4 Å². The van der Waals surface area contributed by atoms with Crippen molar-refractivity contribution in [1.82, 2.24) is 20.5 Å². The Morgan fingerprint density at radius 2 is 1.91 bits per heavy atom. The summed E-state index contributed by atoms with van der Waals surface area (Å²) in [6, 6.07) is 0. The van der Waals surface area contributed by atoms with E-state index in [0.29, 0.717) is 46.6 Å². The molecule has 0 saturated carbocycles. The summed E-state index contributed by atoms with van der Waals surface area (Å²) >= 11 is 0. The van der Waals surface area contributed by atoms with E-state index < -0.39 is 15.1 Å². The maximum Gasteiger partial charge on any atom is 0.256 e. The molecule has 1 atom stereocenters. The molecule has 1 saturated heterocycles. The van der Waals surface area contributed by atoms with Gasteiger partial charge in [0.25, 0.3) is 11.8 Å². The maximum absolute atomic E-state index is 12.9. The van der Waals surface area contributed by atoms with Gasteiger partial charge in [-0.05, 0) is 57.5 Å². The average molecular weight is 475 g/mol. The Morgan fingerprint density at radius 1 is 1.24 bits per heavy atom. The molecule has 9 heteroatoms. The molecular weight excluding hydrogens is 440 g/mol. The lowest BCUT2D eigenvalue weighted by atomic mass is 9.92. The molecule has 0 bridgehead atoms. The fourth-order valence-corrected chi connectivity index (χ4v) is 5.85. The van der Waals surface area contributed by atoms with Crippen molar-refractivity contribution in [2.24, 2.45) is 0 Å². The smallest absolute Gasteiger partial charge is 0.256 e. The number of rotatable bonds is 8. The van der Waals surface area contributed by atoms with Crippen molar-refractivity contribution in [2.45, 2.75) is 46.3 Å². The number of nitrogens with zero attached hydrogens (tertiary/aromatic N) is 1. The lowest BCUT2D eigenvalue weighted by Crippen LogP contribution is -2.35. The third kappa shape index (κ3) is 4.99. The summed E-state index contributed by atoms with van der Waals surface area (Å²) in [6.45, 7) is 12.8. The Kier molecular flexibility index (Phi) is 7.33. The number of allylic oxidation sites excluding steroid dienone is 2. The molecule has 1 aliphatic carbocycles. The monoisotopic (exact) mass is 474 g/mol. The molecule has 2 heterocycles. The second-order valence-electron chi connectivity index (χ2n) is 8.69. The van der Waals surface area contributed by atoms with E-state index in [1.165, 1.54) is 6.26 Å². The predicted molar refractivity (Wildman–Crippen MR) is 131 cm³/mol. The normalized spacial score (nSPS) is 19.7. The van der Waals surface area contributed by atoms with Crippen molar-refractivity contribution in [3.05, 3.63) is 51.0 Å². The zero-order chi connectivity index (χ0) is 24.5. The molecule has 1 aromatic heterocycles. The van der Waals surface area contributed by atoms with E-state index in [2.05, 4.69) is 34.4 Å². The number of aromatic nitrogens is 1. The zero-order valence-electron chi connectivity index (χ0n) is 20.3. The average Bonchev–Trinajstić information content (AvgIpc) is 3.20. The Bertz CT molecular complexity index is 1170. The van der Waals surface area contributed by atoms with Crippen LogP contribution in [-0.2, 0) is 14.6 Å². The van der Waals surface area contributed by atoms with E-state index >= 15 is 0 Å². The minimum absolute atomic E-state index is 0.153. The quantitative estimate of drug-likeness (QED) is 0.501. The number of amides is 2. The predicted octanol–water partition coefficient (Wildman–Crippen LogP) is 2.23. The van der Waals surface area contributed by atoms with Crippen LogP contribution >= 0.6 is 0 Å². The number of fused-ring (bicyclic) bond motifs is 1. The van der Waals surface area contributed by atoms with Gasteiger partial charge in [0.1, 0.15) is 0 Å². The topological polar surface area (TPSA) is 111 Å². The molecule has 8 nitrogen and oxygen atoms in total. The van der Waals surface area contributed by atoms with Crippen LogP contribution in [0.1, 0.15) is 54.5 Å². The molecular formula is C24H34N4O4S. The van der Waals surface area contributed by atoms with Crippen molar-refractivity contribution < 1.29 is 18.0 Å². The van der Waals surface area contributed by atoms with Crippen LogP contribution in [0, 0.1) is 13.8 Å². The Balaban J connectivity index is 1.92. The van der Waals surface area contributed by atoms with Gasteiger partial charge in [-0.1, -0.05) is 19.9 Å². The Labute approximate surface area is 196 Å². The van der Waals surface area contributed by atoms with Crippen LogP contribution in [0.15, 0.2) is 28.5 Å². The van der Waals surface area contributed by atoms with Gasteiger partial charge < -0.3 is 20.5 Å². The molecule has 1 aromatic rings. The molecule has 2 aliphatic rings. The van der Waals surface area contributed by atoms with Crippen molar-refractivity contribution in [3.8, 4) is 0 Å². The van der Waals surface area contributed by atoms with Crippen LogP contribution < -0.4 is 10.6 Å². The molecule has 3 rings (SSSR count). The van der Waals surface area contributed by atoms with E-state index in [0.717, 1.165) is 30.9 Å². The molecule has 1 aliphatic heterocycles. The standard InChI is InChI=1S/C24H34N4O4S/c1-7-28(8-2)12-11-25-24(30)21-14(3)19(26-16(21)5)13-17-22-15(4)20(33(6,31)32)10-9-18(22)27-23(17)29/h9,13,20,26H,7-8,10-12H2,1-6H3,(H,25,30)(H,27,29). The van der Waals surface area contributed by atoms with Gasteiger partial charge in [-0.25, -0.2) is 8.42 Å². The van der Waals surface area contributed by atoms with Gasteiger partial charge in [-0.15, -0.1) is 0 Å². The zero-order valence-corrected chi connectivity index (χ0v) is 21.1. The number of aromatic amines is 1. The number of carbonyl (C=O) groups is 2. The minimum Gasteiger partial charge on any atom is -0.358 e. The van der Waals surface area contributed by atoms with Crippen LogP contribution in [0.4, 0.5) is 0 Å². The van der Waals surface area contributed by atoms with Crippen LogP contribution in [-0.4, -0.2) is 67.8 Å². The molecule has 1 fully saturated rings. The van der Waals surface area contributed by atoms with Crippen LogP contribution in [0.5, 0.6) is 0 Å². The first-order valence-electron chi connectivity index (χ1n) is 11.3. The molecule has 2 amide bonds. The van der Waals surface area contributed by atoms with E-state index in [4.69, 9.17) is 0 Å². The first kappa shape index (κ1) is 25.0. The summed E-state index contributed by atoms with van der Waals surface area (Å²) < 4.78 is 24.5. The molecule has 0 aromatic carbocycles. The van der Waals surface area contributed by atoms with Crippen LogP contribution in [0.3, 0.4) is 0 Å². The molecule has 33 heavy (non-hydrogen) atoms. The second-order valence-corrected chi connectivity index (χ2v) is 10.9. The van der Waals surface area contributed by atoms with Gasteiger partial charge in [0.2, 0.25) is 0 Å². The molecule has 180 valence electrons. The Hall–Kier alpha value is -2.65. The van der Waals surface area contributed by atoms with Gasteiger partial charge in [0, 0.05) is 42.0 Å². The van der Waals surface area contributed by atoms with Gasteiger partial charge in [-0.2, -0.15) is 0 Å². The summed E-state index contributed by atoms with van der Waals surface area (Å²) in [6.07, 6.45) is 5.05. The van der Waals surface area contributed by atoms with Crippen LogP contribution in [0.25, 0.3) is 6.08 Å². The lowest BCUT2D eigenvalue weighted by molar-refractivity contribution is -0.115. The SMILES string of the molecule is CCN(CC)CCNC(=O)c1c(C)[nH]c(C=C2C(=O)NC3=CCC(S(C)(=O)=O)C(C)=C32)c1C. The highest BCUT2D eigenvalue weighted by atomic mass is 32.2. The summed E-state index contributed by atoms with van der Waals surface area (Å²) in [5, 5.41) is 5.18. The van der Waals surface area contributed by atoms with E-state index in [1.54, 1.807) is 19.1 Å². The number of sulfone groups is 1. The van der Waals surface area contributed by atoms with Crippen LogP contribution in [0.2, 0.25) is 0 Å². The largest absolute Gasteiger partial charge is 0.358 e. The molecule has 0 radical (unpaired) electrons. The highest BCUT2D eigenvalue weighted by molar-refractivity contribution is 7.91. The molecule has 3 N–H and O–H groups in total. The highest BCUT2D eigenvalue weighted by Crippen LogP contribution is 2.37. The first-order valence-corrected chi connectivity index (χ1v) is 13.3. The van der Waals surface area contributed by atoms with Gasteiger partial charge >= 0.3 is 0 Å². The number of carbonyl (C=O) groups excluding carboxylic acids is 2. The summed E-state index contributed by atoms with van der Waals surface area (Å²) in [5.74, 6) is -0.429. The van der Waals surface area contributed by atoms with Crippen molar-refractivity contribution in [1.29, 1.82) is 0 Å². The number of hydrogen-bond donors (Lipinski definition) is 3. The summed E-state index contributed by atoms with van der Waals surface area (Å²) in [7, 11) is -3.30. The number of H-pyrrole nitrogens is 1. The molecule has 0 spiro atoms. The fraction of sp³-hybridized carbons (Fsp3) is 0.500. The van der Waals surface area contributed by atoms with Crippen molar-refractivity contribution in [2.75, 3.05) is 32.4 Å². The number of nitrogens with one attached hydrogen (secondary N) is 3. The summed E-state index contributed by atoms with van der Waals surface area (Å²) in [5.41, 5.74) is 5.06. The van der Waals surface area contributed by atoms with E-state index in [9.17, 15) is 18.0 Å². The fourth-order valence-electron chi connectivity index (χ4n) is 4.64.